The van der Waals surface area contributed by atoms with Gasteiger partial charge >= 0.3 is 0 Å². The zero-order chi connectivity index (χ0) is 16.1. The van der Waals surface area contributed by atoms with Gasteiger partial charge in [-0.25, -0.2) is 4.39 Å². The van der Waals surface area contributed by atoms with Crippen LogP contribution in [-0.2, 0) is 0 Å². The van der Waals surface area contributed by atoms with Gasteiger partial charge in [0.25, 0.3) is 5.91 Å². The van der Waals surface area contributed by atoms with Crippen molar-refractivity contribution in [2.45, 2.75) is 51.0 Å². The third-order valence-electron chi connectivity index (χ3n) is 5.27. The van der Waals surface area contributed by atoms with Gasteiger partial charge in [-0.05, 0) is 55.9 Å². The molecule has 0 radical (unpaired) electrons. The Morgan fingerprint density at radius 1 is 1.04 bits per heavy atom. The van der Waals surface area contributed by atoms with E-state index in [1.54, 1.807) is 12.1 Å². The zero-order valence-electron chi connectivity index (χ0n) is 13.8. The first-order chi connectivity index (χ1) is 11.2. The molecule has 0 bridgehead atoms. The van der Waals surface area contributed by atoms with E-state index in [1.165, 1.54) is 50.8 Å². The van der Waals surface area contributed by atoms with Gasteiger partial charge in [0.2, 0.25) is 0 Å². The average Bonchev–Trinajstić information content (AvgIpc) is 2.58. The predicted molar refractivity (Wildman–Crippen MR) is 89.9 cm³/mol. The van der Waals surface area contributed by atoms with Crippen LogP contribution in [-0.4, -0.2) is 36.5 Å². The Bertz CT molecular complexity index is 503. The van der Waals surface area contributed by atoms with E-state index in [0.29, 0.717) is 5.56 Å². The summed E-state index contributed by atoms with van der Waals surface area (Å²) in [6.45, 7) is 3.38. The summed E-state index contributed by atoms with van der Waals surface area (Å²) >= 11 is 0. The summed E-state index contributed by atoms with van der Waals surface area (Å²) in [5.74, 6) is 0.488. The lowest BCUT2D eigenvalue weighted by Crippen LogP contribution is -2.45. The van der Waals surface area contributed by atoms with Gasteiger partial charge in [-0.2, -0.15) is 0 Å². The van der Waals surface area contributed by atoms with Crippen LogP contribution in [0.2, 0.25) is 0 Å². The molecule has 0 atom stereocenters. The van der Waals surface area contributed by atoms with Crippen LogP contribution in [0.1, 0.15) is 55.3 Å². The molecule has 1 amide bonds. The van der Waals surface area contributed by atoms with Crippen LogP contribution in [0.5, 0.6) is 0 Å². The second-order valence-electron chi connectivity index (χ2n) is 7.06. The van der Waals surface area contributed by atoms with Crippen LogP contribution >= 0.6 is 0 Å². The van der Waals surface area contributed by atoms with Gasteiger partial charge in [-0.1, -0.05) is 19.3 Å². The Morgan fingerprint density at radius 3 is 2.35 bits per heavy atom. The molecule has 0 unspecified atom stereocenters. The van der Waals surface area contributed by atoms with Crippen LogP contribution < -0.4 is 5.32 Å². The summed E-state index contributed by atoms with van der Waals surface area (Å²) in [4.78, 5) is 14.7. The van der Waals surface area contributed by atoms with Crippen molar-refractivity contribution in [1.29, 1.82) is 0 Å². The number of hydrogen-bond acceptors (Lipinski definition) is 2. The molecule has 4 heteroatoms. The van der Waals surface area contributed by atoms with Gasteiger partial charge in [-0.15, -0.1) is 0 Å². The molecule has 1 saturated heterocycles. The fourth-order valence-electron chi connectivity index (χ4n) is 3.86. The molecule has 1 aromatic rings. The first-order valence-electron chi connectivity index (χ1n) is 8.99. The molecule has 3 rings (SSSR count). The van der Waals surface area contributed by atoms with Crippen LogP contribution in [0.25, 0.3) is 0 Å². The van der Waals surface area contributed by atoms with E-state index < -0.39 is 0 Å². The highest BCUT2D eigenvalue weighted by molar-refractivity contribution is 5.94. The number of halogens is 1. The Hall–Kier alpha value is -1.42. The Labute approximate surface area is 138 Å². The molecule has 0 aromatic heterocycles. The fraction of sp³-hybridized carbons (Fsp3) is 0.632. The number of likely N-dealkylation sites (tertiary alicyclic amines) is 1. The van der Waals surface area contributed by atoms with E-state index in [9.17, 15) is 9.18 Å². The van der Waals surface area contributed by atoms with Crippen LogP contribution in [0.4, 0.5) is 4.39 Å². The topological polar surface area (TPSA) is 32.3 Å². The monoisotopic (exact) mass is 318 g/mol. The maximum atomic E-state index is 12.9. The van der Waals surface area contributed by atoms with Crippen LogP contribution in [0.15, 0.2) is 24.3 Å². The standard InChI is InChI=1S/C19H27FN2O/c20-17-8-6-16(7-9-17)19(23)21-18-10-12-22(13-11-18)14-15-4-2-1-3-5-15/h6-9,15,18H,1-5,10-14H2,(H,21,23). The van der Waals surface area contributed by atoms with E-state index in [0.717, 1.165) is 31.8 Å². The molecule has 2 fully saturated rings. The lowest BCUT2D eigenvalue weighted by atomic mass is 9.88. The molecular formula is C19H27FN2O. The summed E-state index contributed by atoms with van der Waals surface area (Å²) in [6.07, 6.45) is 9.01. The van der Waals surface area contributed by atoms with E-state index in [4.69, 9.17) is 0 Å². The van der Waals surface area contributed by atoms with Gasteiger partial charge in [-0.3, -0.25) is 4.79 Å². The maximum Gasteiger partial charge on any atom is 0.251 e. The normalized spacial score (nSPS) is 21.3. The van der Waals surface area contributed by atoms with Gasteiger partial charge in [0.05, 0.1) is 0 Å². The van der Waals surface area contributed by atoms with E-state index in [-0.39, 0.29) is 17.8 Å². The van der Waals surface area contributed by atoms with Gasteiger partial charge in [0, 0.05) is 31.2 Å². The van der Waals surface area contributed by atoms with Crippen molar-refractivity contribution >= 4 is 5.91 Å². The third kappa shape index (κ3) is 4.77. The Kier molecular flexibility index (Phi) is 5.65. The second-order valence-corrected chi connectivity index (χ2v) is 7.06. The molecule has 1 saturated carbocycles. The smallest absolute Gasteiger partial charge is 0.251 e. The van der Waals surface area contributed by atoms with Crippen LogP contribution in [0, 0.1) is 11.7 Å². The van der Waals surface area contributed by atoms with Crippen molar-refractivity contribution in [2.75, 3.05) is 19.6 Å². The number of piperidine rings is 1. The van der Waals surface area contributed by atoms with Crippen molar-refractivity contribution in [2.24, 2.45) is 5.92 Å². The minimum Gasteiger partial charge on any atom is -0.349 e. The summed E-state index contributed by atoms with van der Waals surface area (Å²) < 4.78 is 12.9. The number of carbonyl (C=O) groups excluding carboxylic acids is 1. The summed E-state index contributed by atoms with van der Waals surface area (Å²) in [6, 6.07) is 6.00. The maximum absolute atomic E-state index is 12.9. The predicted octanol–water partition coefficient (Wildman–Crippen LogP) is 3.60. The van der Waals surface area contributed by atoms with E-state index in [1.807, 2.05) is 0 Å². The fourth-order valence-corrected chi connectivity index (χ4v) is 3.86. The van der Waals surface area contributed by atoms with Crippen LogP contribution in [0.3, 0.4) is 0 Å². The lowest BCUT2D eigenvalue weighted by Gasteiger charge is -2.35. The van der Waals surface area contributed by atoms with Crippen molar-refractivity contribution in [3.05, 3.63) is 35.6 Å². The highest BCUT2D eigenvalue weighted by Gasteiger charge is 2.23. The molecule has 1 aromatic carbocycles. The quantitative estimate of drug-likeness (QED) is 0.920. The lowest BCUT2D eigenvalue weighted by molar-refractivity contribution is 0.0901. The van der Waals surface area contributed by atoms with Crippen molar-refractivity contribution in [3.8, 4) is 0 Å². The largest absolute Gasteiger partial charge is 0.349 e. The number of carbonyl (C=O) groups is 1. The van der Waals surface area contributed by atoms with Gasteiger partial charge < -0.3 is 10.2 Å². The SMILES string of the molecule is O=C(NC1CCN(CC2CCCCC2)CC1)c1ccc(F)cc1. The first-order valence-corrected chi connectivity index (χ1v) is 8.99. The summed E-state index contributed by atoms with van der Waals surface area (Å²) in [5.41, 5.74) is 0.538. The third-order valence-corrected chi connectivity index (χ3v) is 5.27. The molecule has 0 spiro atoms. The number of nitrogens with one attached hydrogen (secondary N) is 1. The molecule has 1 aliphatic heterocycles. The molecule has 126 valence electrons. The number of benzene rings is 1. The van der Waals surface area contributed by atoms with E-state index >= 15 is 0 Å². The van der Waals surface area contributed by atoms with Gasteiger partial charge in [0.15, 0.2) is 0 Å². The Morgan fingerprint density at radius 2 is 1.70 bits per heavy atom. The molecule has 23 heavy (non-hydrogen) atoms. The molecule has 1 N–H and O–H groups in total. The number of nitrogens with zero attached hydrogens (tertiary/aromatic N) is 1. The highest BCUT2D eigenvalue weighted by Crippen LogP contribution is 2.25. The molecular weight excluding hydrogens is 291 g/mol. The average molecular weight is 318 g/mol. The summed E-state index contributed by atoms with van der Waals surface area (Å²) in [7, 11) is 0. The first kappa shape index (κ1) is 16.4. The van der Waals surface area contributed by atoms with Gasteiger partial charge in [0.1, 0.15) is 5.82 Å². The minimum atomic E-state index is -0.308. The molecule has 1 heterocycles. The number of rotatable bonds is 4. The number of amides is 1. The zero-order valence-corrected chi connectivity index (χ0v) is 13.8. The minimum absolute atomic E-state index is 0.0873. The van der Waals surface area contributed by atoms with Crippen molar-refractivity contribution in [1.82, 2.24) is 10.2 Å². The molecule has 3 nitrogen and oxygen atoms in total. The molecule has 2 aliphatic rings. The van der Waals surface area contributed by atoms with Crippen molar-refractivity contribution in [3.63, 3.8) is 0 Å². The van der Waals surface area contributed by atoms with E-state index in [2.05, 4.69) is 10.2 Å². The highest BCUT2D eigenvalue weighted by atomic mass is 19.1. The van der Waals surface area contributed by atoms with Crippen molar-refractivity contribution < 1.29 is 9.18 Å². The molecule has 1 aliphatic carbocycles. The summed E-state index contributed by atoms with van der Waals surface area (Å²) in [5, 5.41) is 3.09. The number of hydrogen-bond donors (Lipinski definition) is 1. The second kappa shape index (κ2) is 7.91. The Balaban J connectivity index is 1.41.